The van der Waals surface area contributed by atoms with Gasteiger partial charge in [-0.2, -0.15) is 5.10 Å². The number of fused-ring (bicyclic) bond motifs is 2. The number of nitrogens with zero attached hydrogens (tertiary/aromatic N) is 3. The van der Waals surface area contributed by atoms with Crippen molar-refractivity contribution in [1.29, 1.82) is 0 Å². The van der Waals surface area contributed by atoms with Gasteiger partial charge in [-0.05, 0) is 68.0 Å². The fourth-order valence-electron chi connectivity index (χ4n) is 6.08. The Bertz CT molecular complexity index is 1910. The van der Waals surface area contributed by atoms with Gasteiger partial charge in [-0.3, -0.25) is 14.3 Å². The number of aliphatic hydroxyl groups is 1. The summed E-state index contributed by atoms with van der Waals surface area (Å²) in [7, 11) is 1.49. The largest absolute Gasteiger partial charge is 0.494 e. The smallest absolute Gasteiger partial charge is 0.260 e. The van der Waals surface area contributed by atoms with Gasteiger partial charge in [0.25, 0.3) is 12.3 Å². The van der Waals surface area contributed by atoms with E-state index in [4.69, 9.17) is 26.8 Å². The molecule has 0 spiro atoms. The number of pyridine rings is 1. The van der Waals surface area contributed by atoms with Gasteiger partial charge in [-0.1, -0.05) is 11.6 Å². The summed E-state index contributed by atoms with van der Waals surface area (Å²) < 4.78 is 56.3. The van der Waals surface area contributed by atoms with Gasteiger partial charge >= 0.3 is 0 Å². The average molecular weight is 656 g/mol. The van der Waals surface area contributed by atoms with Crippen molar-refractivity contribution in [2.75, 3.05) is 20.3 Å². The molecule has 0 saturated heterocycles. The maximum atomic E-state index is 14.6. The van der Waals surface area contributed by atoms with E-state index < -0.39 is 47.6 Å². The lowest BCUT2D eigenvalue weighted by atomic mass is 9.79. The van der Waals surface area contributed by atoms with Crippen LogP contribution in [-0.2, 0) is 15.8 Å². The molecule has 0 radical (unpaired) electrons. The van der Waals surface area contributed by atoms with E-state index in [1.54, 1.807) is 12.1 Å². The molecule has 4 aromatic rings. The van der Waals surface area contributed by atoms with Gasteiger partial charge in [-0.15, -0.1) is 0 Å². The number of hydrogen-bond acceptors (Lipinski definition) is 7. The van der Waals surface area contributed by atoms with Crippen molar-refractivity contribution in [3.63, 3.8) is 0 Å². The molecule has 10 nitrogen and oxygen atoms in total. The SMILES string of the molecule is COc1cc(C(=O)NC[C@](O)(c2cc3c(c(-c4ccc(F)c(Cl)c4)n2)OC[C@]3(C(N)=O)C(F)F)C2CC2)cc2cn(C3CC3)nc12. The number of nitrogens with two attached hydrogens (primary N) is 1. The zero-order chi connectivity index (χ0) is 32.5. The molecule has 1 aliphatic heterocycles. The van der Waals surface area contributed by atoms with E-state index >= 15 is 0 Å². The van der Waals surface area contributed by atoms with Crippen molar-refractivity contribution >= 4 is 34.3 Å². The van der Waals surface area contributed by atoms with Crippen LogP contribution in [-0.4, -0.2) is 58.4 Å². The van der Waals surface area contributed by atoms with E-state index in [2.05, 4.69) is 15.4 Å². The summed E-state index contributed by atoms with van der Waals surface area (Å²) in [4.78, 5) is 30.7. The number of aromatic nitrogens is 3. The number of methoxy groups -OCH3 is 1. The molecule has 2 atom stereocenters. The first-order valence-electron chi connectivity index (χ1n) is 14.8. The zero-order valence-electron chi connectivity index (χ0n) is 24.5. The third kappa shape index (κ3) is 4.83. The highest BCUT2D eigenvalue weighted by atomic mass is 35.5. The molecule has 14 heteroatoms. The maximum Gasteiger partial charge on any atom is 0.260 e. The lowest BCUT2D eigenvalue weighted by Crippen LogP contribution is -2.49. The van der Waals surface area contributed by atoms with Crippen LogP contribution in [0.3, 0.4) is 0 Å². The zero-order valence-corrected chi connectivity index (χ0v) is 25.3. The van der Waals surface area contributed by atoms with Gasteiger partial charge in [0, 0.05) is 28.3 Å². The monoisotopic (exact) mass is 655 g/mol. The number of hydrogen-bond donors (Lipinski definition) is 3. The van der Waals surface area contributed by atoms with Gasteiger partial charge in [0.15, 0.2) is 5.41 Å². The van der Waals surface area contributed by atoms with Crippen molar-refractivity contribution < 1.29 is 37.3 Å². The molecule has 0 unspecified atom stereocenters. The predicted molar refractivity (Wildman–Crippen MR) is 161 cm³/mol. The molecule has 2 aromatic carbocycles. The third-order valence-corrected chi connectivity index (χ3v) is 9.40. The fraction of sp³-hybridized carbons (Fsp3) is 0.375. The first-order chi connectivity index (χ1) is 22.0. The van der Waals surface area contributed by atoms with Crippen LogP contribution in [0.1, 0.15) is 53.3 Å². The molecular formula is C32H29ClF3N5O5. The number of alkyl halides is 2. The Labute approximate surface area is 265 Å². The number of primary amides is 1. The number of carbonyl (C=O) groups is 2. The molecule has 7 rings (SSSR count). The van der Waals surface area contributed by atoms with Gasteiger partial charge in [-0.25, -0.2) is 18.2 Å². The summed E-state index contributed by atoms with van der Waals surface area (Å²) in [6.07, 6.45) is 1.79. The second-order valence-corrected chi connectivity index (χ2v) is 12.5. The number of nitrogens with one attached hydrogen (secondary N) is 1. The van der Waals surface area contributed by atoms with Crippen LogP contribution in [0, 0.1) is 11.7 Å². The lowest BCUT2D eigenvalue weighted by molar-refractivity contribution is -0.130. The topological polar surface area (TPSA) is 142 Å². The van der Waals surface area contributed by atoms with Gasteiger partial charge in [0.05, 0.1) is 30.4 Å². The van der Waals surface area contributed by atoms with Crippen LogP contribution < -0.4 is 20.5 Å². The summed E-state index contributed by atoms with van der Waals surface area (Å²) in [6, 6.07) is 8.41. The number of halogens is 4. The minimum atomic E-state index is -3.26. The predicted octanol–water partition coefficient (Wildman–Crippen LogP) is 4.64. The average Bonchev–Trinajstić information content (AvgIpc) is 3.98. The van der Waals surface area contributed by atoms with Crippen molar-refractivity contribution in [2.24, 2.45) is 11.7 Å². The number of ether oxygens (including phenoxy) is 2. The second kappa shape index (κ2) is 10.9. The van der Waals surface area contributed by atoms with E-state index in [0.717, 1.165) is 18.9 Å². The molecule has 4 N–H and O–H groups in total. The van der Waals surface area contributed by atoms with Crippen LogP contribution in [0.25, 0.3) is 22.2 Å². The van der Waals surface area contributed by atoms with E-state index in [1.165, 1.54) is 25.3 Å². The first-order valence-corrected chi connectivity index (χ1v) is 15.1. The molecule has 3 heterocycles. The van der Waals surface area contributed by atoms with Gasteiger partial charge in [0.1, 0.15) is 40.7 Å². The molecule has 2 saturated carbocycles. The Hall–Kier alpha value is -4.36. The third-order valence-electron chi connectivity index (χ3n) is 9.11. The van der Waals surface area contributed by atoms with E-state index in [0.29, 0.717) is 35.5 Å². The summed E-state index contributed by atoms with van der Waals surface area (Å²) >= 11 is 6.03. The van der Waals surface area contributed by atoms with Crippen LogP contribution >= 0.6 is 11.6 Å². The Kier molecular flexibility index (Phi) is 7.16. The van der Waals surface area contributed by atoms with Crippen molar-refractivity contribution in [3.8, 4) is 22.8 Å². The van der Waals surface area contributed by atoms with Gasteiger partial charge < -0.3 is 25.6 Å². The van der Waals surface area contributed by atoms with Crippen molar-refractivity contribution in [2.45, 2.75) is 49.2 Å². The summed E-state index contributed by atoms with van der Waals surface area (Å²) in [5.74, 6) is -2.69. The number of amides is 2. The molecule has 2 aliphatic carbocycles. The van der Waals surface area contributed by atoms with E-state index in [-0.39, 0.29) is 45.4 Å². The maximum absolute atomic E-state index is 14.6. The van der Waals surface area contributed by atoms with Crippen LogP contribution in [0.15, 0.2) is 42.6 Å². The first kappa shape index (κ1) is 30.3. The quantitative estimate of drug-likeness (QED) is 0.226. The molecule has 2 amide bonds. The normalized spacial score (nSPS) is 20.3. The van der Waals surface area contributed by atoms with Crippen LogP contribution in [0.5, 0.6) is 11.5 Å². The minimum absolute atomic E-state index is 0.0357. The highest BCUT2D eigenvalue weighted by Crippen LogP contribution is 2.51. The van der Waals surface area contributed by atoms with Crippen molar-refractivity contribution in [1.82, 2.24) is 20.1 Å². The van der Waals surface area contributed by atoms with E-state index in [9.17, 15) is 27.9 Å². The minimum Gasteiger partial charge on any atom is -0.494 e. The Balaban J connectivity index is 1.28. The molecule has 240 valence electrons. The van der Waals surface area contributed by atoms with Crippen LogP contribution in [0.4, 0.5) is 13.2 Å². The Morgan fingerprint density at radius 1 is 1.24 bits per heavy atom. The lowest BCUT2D eigenvalue weighted by Gasteiger charge is -2.30. The van der Waals surface area contributed by atoms with E-state index in [1.807, 2.05) is 10.9 Å². The molecular weight excluding hydrogens is 627 g/mol. The standard InChI is InChI=1S/C32H29ClF3N5O5/c1-45-23-10-16(8-17-12-41(19-5-6-19)40-25(17)23)28(42)38-13-32(44,18-3-4-18)24-11-20-27(46-14-31(20,29(35)36)30(37)43)26(39-24)15-2-7-22(34)21(33)9-15/h2,7-12,18-19,29,44H,3-6,13-14H2,1H3,(H2,37,43)(H,38,42)/t31-,32-/m1/s1. The number of carbonyl (C=O) groups excluding carboxylic acids is 2. The van der Waals surface area contributed by atoms with Crippen molar-refractivity contribution in [3.05, 3.63) is 70.3 Å². The Morgan fingerprint density at radius 3 is 2.63 bits per heavy atom. The summed E-state index contributed by atoms with van der Waals surface area (Å²) in [6.45, 7) is -1.10. The Morgan fingerprint density at radius 2 is 2.00 bits per heavy atom. The molecule has 46 heavy (non-hydrogen) atoms. The molecule has 2 fully saturated rings. The highest BCUT2D eigenvalue weighted by Gasteiger charge is 2.56. The number of benzene rings is 2. The highest BCUT2D eigenvalue weighted by molar-refractivity contribution is 6.31. The molecule has 2 aromatic heterocycles. The molecule has 0 bridgehead atoms. The van der Waals surface area contributed by atoms with Crippen LogP contribution in [0.2, 0.25) is 5.02 Å². The molecule has 3 aliphatic rings. The van der Waals surface area contributed by atoms with Gasteiger partial charge in [0.2, 0.25) is 5.91 Å². The fourth-order valence-corrected chi connectivity index (χ4v) is 6.26. The number of rotatable bonds is 10. The summed E-state index contributed by atoms with van der Waals surface area (Å²) in [5, 5.41) is 20.0. The second-order valence-electron chi connectivity index (χ2n) is 12.1. The summed E-state index contributed by atoms with van der Waals surface area (Å²) in [5.41, 5.74) is 1.87.